The van der Waals surface area contributed by atoms with E-state index in [1.165, 1.54) is 0 Å². The monoisotopic (exact) mass is 170 g/mol. The molecule has 1 aliphatic rings. The molecule has 2 atom stereocenters. The zero-order chi connectivity index (χ0) is 7.07. The molecule has 5 heteroatoms. The lowest BCUT2D eigenvalue weighted by Crippen LogP contribution is -2.65. The van der Waals surface area contributed by atoms with E-state index in [1.807, 2.05) is 0 Å². The van der Waals surface area contributed by atoms with Crippen LogP contribution in [0.3, 0.4) is 0 Å². The molecule has 0 spiro atoms. The first-order valence-electron chi connectivity index (χ1n) is 2.69. The molecule has 1 saturated heterocycles. The molecule has 3 N–H and O–H groups in total. The first-order chi connectivity index (χ1) is 4.01. The molecule has 0 aliphatic carbocycles. The van der Waals surface area contributed by atoms with Crippen molar-refractivity contribution < 1.29 is 14.2 Å². The maximum absolute atomic E-state index is 10.7. The minimum Gasteiger partial charge on any atom is -0.353 e. The Morgan fingerprint density at radius 3 is 2.11 bits per heavy atom. The van der Waals surface area contributed by atoms with Gasteiger partial charge in [-0.05, 0) is 0 Å². The van der Waals surface area contributed by atoms with Crippen molar-refractivity contribution in [3.8, 4) is 0 Å². The fourth-order valence-corrected chi connectivity index (χ4v) is 3.43. The van der Waals surface area contributed by atoms with E-state index in [2.05, 4.69) is 5.73 Å². The molecule has 0 saturated carbocycles. The van der Waals surface area contributed by atoms with Crippen LogP contribution in [0.15, 0.2) is 0 Å². The maximum atomic E-state index is 10.7. The van der Waals surface area contributed by atoms with Crippen molar-refractivity contribution in [2.45, 2.75) is 11.4 Å². The second kappa shape index (κ2) is 2.11. The number of hydrogen-bond donors (Lipinski definition) is 1. The highest BCUT2D eigenvalue weighted by Gasteiger charge is 2.36. The molecule has 54 valence electrons. The normalized spacial score (nSPS) is 41.1. The van der Waals surface area contributed by atoms with E-state index >= 15 is 0 Å². The van der Waals surface area contributed by atoms with E-state index in [0.29, 0.717) is 0 Å². The second-order valence-electron chi connectivity index (χ2n) is 2.35. The smallest absolute Gasteiger partial charge is 0.157 e. The average Bonchev–Trinajstić information content (AvgIpc) is 1.79. The Morgan fingerprint density at radius 1 is 1.44 bits per heavy atom. The molecule has 0 aromatic rings. The molecular weight excluding hydrogens is 162 g/mol. The molecular formula is C4H9ClNO2S+. The van der Waals surface area contributed by atoms with Gasteiger partial charge in [0.25, 0.3) is 0 Å². The van der Waals surface area contributed by atoms with Crippen LogP contribution in [0.1, 0.15) is 0 Å². The summed E-state index contributed by atoms with van der Waals surface area (Å²) >= 11 is 5.61. The van der Waals surface area contributed by atoms with Crippen LogP contribution in [-0.2, 0) is 9.84 Å². The van der Waals surface area contributed by atoms with E-state index in [9.17, 15) is 8.42 Å². The van der Waals surface area contributed by atoms with Crippen molar-refractivity contribution >= 4 is 21.4 Å². The van der Waals surface area contributed by atoms with Gasteiger partial charge in [-0.25, -0.2) is 8.42 Å². The van der Waals surface area contributed by atoms with E-state index in [1.54, 1.807) is 0 Å². The predicted octanol–water partition coefficient (Wildman–Crippen LogP) is -1.37. The van der Waals surface area contributed by atoms with Gasteiger partial charge in [-0.3, -0.25) is 0 Å². The maximum Gasteiger partial charge on any atom is 0.157 e. The van der Waals surface area contributed by atoms with Gasteiger partial charge in [0.05, 0.1) is 5.75 Å². The van der Waals surface area contributed by atoms with Crippen molar-refractivity contribution in [2.24, 2.45) is 0 Å². The Bertz CT molecular complexity index is 185. The standard InChI is InChI=1S/C4H8ClNO2S/c5-3-1-9(7,8)2-4(3)6/h3-4H,1-2,6H2/p+1/t3-,4+/m1/s1. The third-order valence-electron chi connectivity index (χ3n) is 1.39. The molecule has 9 heavy (non-hydrogen) atoms. The highest BCUT2D eigenvalue weighted by atomic mass is 35.5. The minimum atomic E-state index is -2.84. The van der Waals surface area contributed by atoms with Crippen molar-refractivity contribution in [1.82, 2.24) is 0 Å². The fourth-order valence-electron chi connectivity index (χ4n) is 0.877. The molecule has 1 aliphatic heterocycles. The largest absolute Gasteiger partial charge is 0.353 e. The summed E-state index contributed by atoms with van der Waals surface area (Å²) < 4.78 is 21.5. The molecule has 0 amide bonds. The summed E-state index contributed by atoms with van der Waals surface area (Å²) in [4.78, 5) is 0. The summed E-state index contributed by atoms with van der Waals surface area (Å²) in [6, 6.07) is -0.114. The van der Waals surface area contributed by atoms with Crippen LogP contribution in [0.2, 0.25) is 0 Å². The molecule has 0 aromatic heterocycles. The number of quaternary nitrogens is 1. The SMILES string of the molecule is [NH3+][C@H]1CS(=O)(=O)C[C@H]1Cl. The summed E-state index contributed by atoms with van der Waals surface area (Å²) in [5.41, 5.74) is 3.60. The topological polar surface area (TPSA) is 61.8 Å². The van der Waals surface area contributed by atoms with Crippen LogP contribution in [0.4, 0.5) is 0 Å². The van der Waals surface area contributed by atoms with Gasteiger partial charge in [-0.1, -0.05) is 0 Å². The molecule has 0 unspecified atom stereocenters. The van der Waals surface area contributed by atoms with E-state index < -0.39 is 9.84 Å². The van der Waals surface area contributed by atoms with Crippen LogP contribution >= 0.6 is 11.6 Å². The van der Waals surface area contributed by atoms with E-state index in [-0.39, 0.29) is 22.9 Å². The Morgan fingerprint density at radius 2 is 2.00 bits per heavy atom. The zero-order valence-electron chi connectivity index (χ0n) is 4.88. The Kier molecular flexibility index (Phi) is 1.71. The summed E-state index contributed by atoms with van der Waals surface area (Å²) in [6.07, 6.45) is 0. The summed E-state index contributed by atoms with van der Waals surface area (Å²) in [5.74, 6) is 0.254. The number of hydrogen-bond acceptors (Lipinski definition) is 2. The van der Waals surface area contributed by atoms with Crippen LogP contribution in [0, 0.1) is 0 Å². The lowest BCUT2D eigenvalue weighted by molar-refractivity contribution is -0.409. The van der Waals surface area contributed by atoms with Gasteiger partial charge in [0.2, 0.25) is 0 Å². The lowest BCUT2D eigenvalue weighted by Gasteiger charge is -1.96. The Hall–Kier alpha value is 0.200. The second-order valence-corrected chi connectivity index (χ2v) is 5.07. The molecule has 0 aromatic carbocycles. The zero-order valence-corrected chi connectivity index (χ0v) is 6.45. The Labute approximate surface area is 59.1 Å². The van der Waals surface area contributed by atoms with Crippen LogP contribution in [0.25, 0.3) is 0 Å². The van der Waals surface area contributed by atoms with Crippen molar-refractivity contribution in [1.29, 1.82) is 0 Å². The fraction of sp³-hybridized carbons (Fsp3) is 1.00. The third-order valence-corrected chi connectivity index (χ3v) is 3.89. The van der Waals surface area contributed by atoms with Gasteiger partial charge in [0, 0.05) is 0 Å². The molecule has 3 nitrogen and oxygen atoms in total. The van der Waals surface area contributed by atoms with Gasteiger partial charge < -0.3 is 5.73 Å². The van der Waals surface area contributed by atoms with Crippen LogP contribution < -0.4 is 5.73 Å². The van der Waals surface area contributed by atoms with E-state index in [4.69, 9.17) is 11.6 Å². The summed E-state index contributed by atoms with van der Waals surface area (Å²) in [6.45, 7) is 0. The number of halogens is 1. The van der Waals surface area contributed by atoms with Crippen molar-refractivity contribution in [3.63, 3.8) is 0 Å². The van der Waals surface area contributed by atoms with Crippen molar-refractivity contribution in [2.75, 3.05) is 11.5 Å². The molecule has 1 rings (SSSR count). The summed E-state index contributed by atoms with van der Waals surface area (Å²) in [5, 5.41) is -0.269. The predicted molar refractivity (Wildman–Crippen MR) is 35.0 cm³/mol. The number of rotatable bonds is 0. The van der Waals surface area contributed by atoms with Crippen LogP contribution in [-0.4, -0.2) is 31.3 Å². The highest BCUT2D eigenvalue weighted by molar-refractivity contribution is 7.91. The first kappa shape index (κ1) is 7.31. The van der Waals surface area contributed by atoms with E-state index in [0.717, 1.165) is 0 Å². The van der Waals surface area contributed by atoms with Gasteiger partial charge >= 0.3 is 0 Å². The average molecular weight is 171 g/mol. The van der Waals surface area contributed by atoms with Crippen molar-refractivity contribution in [3.05, 3.63) is 0 Å². The van der Waals surface area contributed by atoms with Gasteiger partial charge in [-0.15, -0.1) is 11.6 Å². The highest BCUT2D eigenvalue weighted by Crippen LogP contribution is 2.14. The van der Waals surface area contributed by atoms with Gasteiger partial charge in [-0.2, -0.15) is 0 Å². The molecule has 0 bridgehead atoms. The minimum absolute atomic E-state index is 0.0999. The quantitative estimate of drug-likeness (QED) is 0.456. The van der Waals surface area contributed by atoms with Crippen LogP contribution in [0.5, 0.6) is 0 Å². The van der Waals surface area contributed by atoms with Gasteiger partial charge in [0.1, 0.15) is 17.2 Å². The molecule has 1 fully saturated rings. The lowest BCUT2D eigenvalue weighted by atomic mass is 10.3. The number of sulfone groups is 1. The third kappa shape index (κ3) is 1.56. The first-order valence-corrected chi connectivity index (χ1v) is 4.94. The molecule has 0 radical (unpaired) electrons. The Balaban J connectivity index is 2.77. The summed E-state index contributed by atoms with van der Waals surface area (Å²) in [7, 11) is -2.84. The van der Waals surface area contributed by atoms with Gasteiger partial charge in [0.15, 0.2) is 9.84 Å². The molecule has 1 heterocycles. The number of alkyl halides is 1.